The Bertz CT molecular complexity index is 358. The van der Waals surface area contributed by atoms with Crippen LogP contribution in [0.2, 0.25) is 0 Å². The van der Waals surface area contributed by atoms with Crippen molar-refractivity contribution in [2.24, 2.45) is 5.41 Å². The molecule has 7 nitrogen and oxygen atoms in total. The SMILES string of the molecule is COC(=O)C1(C(=O)N2CCN(C=O)CC2)COC1. The Morgan fingerprint density at radius 2 is 1.83 bits per heavy atom. The molecule has 0 aromatic rings. The van der Waals surface area contributed by atoms with Crippen LogP contribution in [0, 0.1) is 5.41 Å². The number of hydrogen-bond donors (Lipinski definition) is 0. The first-order chi connectivity index (χ1) is 8.64. The van der Waals surface area contributed by atoms with E-state index in [-0.39, 0.29) is 19.1 Å². The molecule has 0 aromatic heterocycles. The number of amides is 2. The van der Waals surface area contributed by atoms with Crippen molar-refractivity contribution >= 4 is 18.3 Å². The molecule has 18 heavy (non-hydrogen) atoms. The predicted molar refractivity (Wildman–Crippen MR) is 59.5 cm³/mol. The first-order valence-corrected chi connectivity index (χ1v) is 5.79. The molecule has 2 aliphatic rings. The highest BCUT2D eigenvalue weighted by Crippen LogP contribution is 2.31. The highest BCUT2D eigenvalue weighted by molar-refractivity contribution is 6.04. The first-order valence-electron chi connectivity index (χ1n) is 5.79. The van der Waals surface area contributed by atoms with Crippen LogP contribution in [0.5, 0.6) is 0 Å². The second-order valence-electron chi connectivity index (χ2n) is 4.50. The second-order valence-corrected chi connectivity index (χ2v) is 4.50. The maximum absolute atomic E-state index is 12.3. The van der Waals surface area contributed by atoms with E-state index in [1.807, 2.05) is 0 Å². The van der Waals surface area contributed by atoms with Crippen LogP contribution in [-0.4, -0.2) is 74.6 Å². The molecule has 0 saturated carbocycles. The summed E-state index contributed by atoms with van der Waals surface area (Å²) in [6.07, 6.45) is 0.768. The van der Waals surface area contributed by atoms with Gasteiger partial charge in [0.2, 0.25) is 12.3 Å². The number of carbonyl (C=O) groups excluding carboxylic acids is 3. The van der Waals surface area contributed by atoms with Crippen LogP contribution in [0.4, 0.5) is 0 Å². The number of hydrogen-bond acceptors (Lipinski definition) is 5. The Balaban J connectivity index is 2.02. The Morgan fingerprint density at radius 3 is 2.22 bits per heavy atom. The maximum Gasteiger partial charge on any atom is 0.326 e. The standard InChI is InChI=1S/C11H16N2O5/c1-17-10(16)11(6-18-7-11)9(15)13-4-2-12(8-14)3-5-13/h8H,2-7H2,1H3. The topological polar surface area (TPSA) is 76.2 Å². The van der Waals surface area contributed by atoms with Crippen molar-refractivity contribution in [1.82, 2.24) is 9.80 Å². The van der Waals surface area contributed by atoms with E-state index in [1.165, 1.54) is 7.11 Å². The third-order valence-corrected chi connectivity index (χ3v) is 3.43. The van der Waals surface area contributed by atoms with Gasteiger partial charge in [0.25, 0.3) is 0 Å². The minimum Gasteiger partial charge on any atom is -0.468 e. The monoisotopic (exact) mass is 256 g/mol. The minimum absolute atomic E-state index is 0.0758. The van der Waals surface area contributed by atoms with Gasteiger partial charge >= 0.3 is 5.97 Å². The van der Waals surface area contributed by atoms with Crippen molar-refractivity contribution in [2.45, 2.75) is 0 Å². The van der Waals surface area contributed by atoms with Gasteiger partial charge in [0.05, 0.1) is 20.3 Å². The summed E-state index contributed by atoms with van der Waals surface area (Å²) < 4.78 is 9.68. The van der Waals surface area contributed by atoms with Crippen LogP contribution < -0.4 is 0 Å². The summed E-state index contributed by atoms with van der Waals surface area (Å²) in [5.74, 6) is -0.803. The summed E-state index contributed by atoms with van der Waals surface area (Å²) in [5, 5.41) is 0. The van der Waals surface area contributed by atoms with Crippen LogP contribution in [0.3, 0.4) is 0 Å². The lowest BCUT2D eigenvalue weighted by Crippen LogP contribution is -2.62. The summed E-state index contributed by atoms with van der Waals surface area (Å²) in [7, 11) is 1.26. The molecule has 7 heteroatoms. The van der Waals surface area contributed by atoms with Gasteiger partial charge in [-0.2, -0.15) is 0 Å². The van der Waals surface area contributed by atoms with Gasteiger partial charge in [-0.1, -0.05) is 0 Å². The van der Waals surface area contributed by atoms with E-state index in [0.29, 0.717) is 26.2 Å². The van der Waals surface area contributed by atoms with E-state index in [0.717, 1.165) is 6.41 Å². The maximum atomic E-state index is 12.3. The van der Waals surface area contributed by atoms with Crippen molar-refractivity contribution in [3.05, 3.63) is 0 Å². The van der Waals surface area contributed by atoms with Crippen molar-refractivity contribution in [3.8, 4) is 0 Å². The Morgan fingerprint density at radius 1 is 1.22 bits per heavy atom. The molecule has 2 heterocycles. The first kappa shape index (κ1) is 12.8. The van der Waals surface area contributed by atoms with E-state index in [9.17, 15) is 14.4 Å². The average Bonchev–Trinajstić information content (AvgIpc) is 2.37. The van der Waals surface area contributed by atoms with Gasteiger partial charge in [-0.25, -0.2) is 0 Å². The van der Waals surface area contributed by atoms with Gasteiger partial charge in [0.1, 0.15) is 0 Å². The smallest absolute Gasteiger partial charge is 0.326 e. The van der Waals surface area contributed by atoms with Gasteiger partial charge in [0.15, 0.2) is 5.41 Å². The van der Waals surface area contributed by atoms with Crippen LogP contribution in [0.1, 0.15) is 0 Å². The second kappa shape index (κ2) is 4.93. The van der Waals surface area contributed by atoms with Gasteiger partial charge in [-0.3, -0.25) is 14.4 Å². The Hall–Kier alpha value is -1.63. The molecule has 2 saturated heterocycles. The van der Waals surface area contributed by atoms with E-state index >= 15 is 0 Å². The molecule has 2 rings (SSSR count). The van der Waals surface area contributed by atoms with E-state index < -0.39 is 11.4 Å². The minimum atomic E-state index is -1.17. The Labute approximate surface area is 105 Å². The third kappa shape index (κ3) is 1.94. The van der Waals surface area contributed by atoms with Crippen LogP contribution in [0.25, 0.3) is 0 Å². The lowest BCUT2D eigenvalue weighted by molar-refractivity contribution is -0.194. The molecular formula is C11H16N2O5. The van der Waals surface area contributed by atoms with Crippen LogP contribution in [-0.2, 0) is 23.9 Å². The molecule has 0 aliphatic carbocycles. The van der Waals surface area contributed by atoms with Gasteiger partial charge in [0, 0.05) is 26.2 Å². The highest BCUT2D eigenvalue weighted by atomic mass is 16.5. The highest BCUT2D eigenvalue weighted by Gasteiger charge is 2.55. The van der Waals surface area contributed by atoms with E-state index in [1.54, 1.807) is 9.80 Å². The van der Waals surface area contributed by atoms with Crippen molar-refractivity contribution in [1.29, 1.82) is 0 Å². The quantitative estimate of drug-likeness (QED) is 0.348. The fourth-order valence-electron chi connectivity index (χ4n) is 2.16. The third-order valence-electron chi connectivity index (χ3n) is 3.43. The summed E-state index contributed by atoms with van der Waals surface area (Å²) in [6, 6.07) is 0. The zero-order valence-corrected chi connectivity index (χ0v) is 10.3. The summed E-state index contributed by atoms with van der Waals surface area (Å²) in [5.41, 5.74) is -1.17. The molecule has 0 aromatic carbocycles. The predicted octanol–water partition coefficient (Wildman–Crippen LogP) is -1.52. The zero-order valence-electron chi connectivity index (χ0n) is 10.3. The molecule has 0 atom stereocenters. The Kier molecular flexibility index (Phi) is 3.51. The lowest BCUT2D eigenvalue weighted by Gasteiger charge is -2.42. The van der Waals surface area contributed by atoms with Gasteiger partial charge in [-0.15, -0.1) is 0 Å². The molecule has 0 N–H and O–H groups in total. The van der Waals surface area contributed by atoms with Gasteiger partial charge in [-0.05, 0) is 0 Å². The number of ether oxygens (including phenoxy) is 2. The summed E-state index contributed by atoms with van der Waals surface area (Å²) >= 11 is 0. The van der Waals surface area contributed by atoms with Crippen molar-refractivity contribution in [3.63, 3.8) is 0 Å². The molecular weight excluding hydrogens is 240 g/mol. The molecule has 2 aliphatic heterocycles. The van der Waals surface area contributed by atoms with E-state index in [2.05, 4.69) is 4.74 Å². The number of esters is 1. The number of piperazine rings is 1. The summed E-state index contributed by atoms with van der Waals surface area (Å²) in [4.78, 5) is 37.8. The van der Waals surface area contributed by atoms with Gasteiger partial charge < -0.3 is 19.3 Å². The lowest BCUT2D eigenvalue weighted by atomic mass is 9.84. The normalized spacial score (nSPS) is 22.1. The number of rotatable bonds is 3. The molecule has 0 spiro atoms. The molecule has 2 fully saturated rings. The van der Waals surface area contributed by atoms with Crippen molar-refractivity contribution < 1.29 is 23.9 Å². The number of carbonyl (C=O) groups is 3. The average molecular weight is 256 g/mol. The van der Waals surface area contributed by atoms with E-state index in [4.69, 9.17) is 4.74 Å². The molecule has 0 radical (unpaired) electrons. The fraction of sp³-hybridized carbons (Fsp3) is 0.727. The van der Waals surface area contributed by atoms with Crippen molar-refractivity contribution in [2.75, 3.05) is 46.5 Å². The fourth-order valence-corrected chi connectivity index (χ4v) is 2.16. The molecule has 100 valence electrons. The number of methoxy groups -OCH3 is 1. The number of nitrogens with zero attached hydrogens (tertiary/aromatic N) is 2. The molecule has 0 bridgehead atoms. The largest absolute Gasteiger partial charge is 0.468 e. The summed E-state index contributed by atoms with van der Waals surface area (Å²) in [6.45, 7) is 2.02. The zero-order chi connectivity index (χ0) is 13.2. The molecule has 2 amide bonds. The molecule has 0 unspecified atom stereocenters. The van der Waals surface area contributed by atoms with Crippen LogP contribution >= 0.6 is 0 Å². The van der Waals surface area contributed by atoms with Crippen LogP contribution in [0.15, 0.2) is 0 Å².